The van der Waals surface area contributed by atoms with Gasteiger partial charge in [-0.15, -0.1) is 0 Å². The molecule has 0 aliphatic carbocycles. The SMILES string of the molecule is N#Cc1ccc(Nc2cc(C(=O)Nc3ccccc3F)ncn2)cc1. The lowest BCUT2D eigenvalue weighted by molar-refractivity contribution is 0.102. The van der Waals surface area contributed by atoms with Crippen LogP contribution in [-0.4, -0.2) is 15.9 Å². The van der Waals surface area contributed by atoms with Gasteiger partial charge < -0.3 is 10.6 Å². The van der Waals surface area contributed by atoms with E-state index in [-0.39, 0.29) is 11.4 Å². The highest BCUT2D eigenvalue weighted by atomic mass is 19.1. The van der Waals surface area contributed by atoms with Gasteiger partial charge in [-0.25, -0.2) is 14.4 Å². The van der Waals surface area contributed by atoms with Crippen molar-refractivity contribution in [1.29, 1.82) is 5.26 Å². The number of anilines is 3. The van der Waals surface area contributed by atoms with E-state index in [9.17, 15) is 9.18 Å². The van der Waals surface area contributed by atoms with Crippen molar-refractivity contribution in [3.05, 3.63) is 78.0 Å². The van der Waals surface area contributed by atoms with Gasteiger partial charge >= 0.3 is 0 Å². The molecule has 3 rings (SSSR count). The highest BCUT2D eigenvalue weighted by Gasteiger charge is 2.11. The second-order valence-electron chi connectivity index (χ2n) is 5.04. The summed E-state index contributed by atoms with van der Waals surface area (Å²) in [6.07, 6.45) is 1.24. The molecule has 0 fully saturated rings. The van der Waals surface area contributed by atoms with Crippen molar-refractivity contribution in [2.45, 2.75) is 0 Å². The molecule has 0 radical (unpaired) electrons. The lowest BCUT2D eigenvalue weighted by Gasteiger charge is -2.08. The molecule has 3 aromatic rings. The van der Waals surface area contributed by atoms with Gasteiger partial charge in [-0.05, 0) is 36.4 Å². The number of hydrogen-bond acceptors (Lipinski definition) is 5. The molecule has 1 heterocycles. The summed E-state index contributed by atoms with van der Waals surface area (Å²) in [4.78, 5) is 20.2. The van der Waals surface area contributed by atoms with Gasteiger partial charge in [0.15, 0.2) is 0 Å². The average Bonchev–Trinajstić information content (AvgIpc) is 2.64. The number of nitrogens with one attached hydrogen (secondary N) is 2. The normalized spacial score (nSPS) is 9.92. The van der Waals surface area contributed by atoms with E-state index in [0.717, 1.165) is 0 Å². The molecule has 0 saturated heterocycles. The summed E-state index contributed by atoms with van der Waals surface area (Å²) in [6.45, 7) is 0. The summed E-state index contributed by atoms with van der Waals surface area (Å²) >= 11 is 0. The molecule has 25 heavy (non-hydrogen) atoms. The summed E-state index contributed by atoms with van der Waals surface area (Å²) in [7, 11) is 0. The fourth-order valence-electron chi connectivity index (χ4n) is 2.07. The molecule has 0 aliphatic heterocycles. The fourth-order valence-corrected chi connectivity index (χ4v) is 2.07. The van der Waals surface area contributed by atoms with Crippen molar-refractivity contribution in [2.75, 3.05) is 10.6 Å². The minimum Gasteiger partial charge on any atom is -0.340 e. The summed E-state index contributed by atoms with van der Waals surface area (Å²) in [5.41, 5.74) is 1.42. The molecule has 0 atom stereocenters. The van der Waals surface area contributed by atoms with Gasteiger partial charge in [0.05, 0.1) is 17.3 Å². The predicted molar refractivity (Wildman–Crippen MR) is 90.8 cm³/mol. The molecule has 0 unspecified atom stereocenters. The van der Waals surface area contributed by atoms with Gasteiger partial charge in [0.1, 0.15) is 23.7 Å². The van der Waals surface area contributed by atoms with Gasteiger partial charge in [-0.2, -0.15) is 5.26 Å². The van der Waals surface area contributed by atoms with E-state index in [1.807, 2.05) is 6.07 Å². The highest BCUT2D eigenvalue weighted by molar-refractivity contribution is 6.03. The number of carbonyl (C=O) groups excluding carboxylic acids is 1. The third-order valence-corrected chi connectivity index (χ3v) is 3.31. The minimum atomic E-state index is -0.546. The maximum absolute atomic E-state index is 13.6. The number of benzene rings is 2. The molecule has 1 amide bonds. The van der Waals surface area contributed by atoms with Crippen molar-refractivity contribution < 1.29 is 9.18 Å². The van der Waals surface area contributed by atoms with E-state index >= 15 is 0 Å². The van der Waals surface area contributed by atoms with Gasteiger partial charge in [0.2, 0.25) is 0 Å². The zero-order valence-electron chi connectivity index (χ0n) is 12.9. The Bertz CT molecular complexity index is 950. The van der Waals surface area contributed by atoms with E-state index in [1.165, 1.54) is 30.6 Å². The van der Waals surface area contributed by atoms with Crippen LogP contribution in [-0.2, 0) is 0 Å². The van der Waals surface area contributed by atoms with Gasteiger partial charge in [0, 0.05) is 11.8 Å². The molecular formula is C18H12FN5O. The van der Waals surface area contributed by atoms with Crippen molar-refractivity contribution in [2.24, 2.45) is 0 Å². The van der Waals surface area contributed by atoms with Crippen LogP contribution in [0.5, 0.6) is 0 Å². The third kappa shape index (κ3) is 3.95. The van der Waals surface area contributed by atoms with Crippen LogP contribution in [0.15, 0.2) is 60.9 Å². The van der Waals surface area contributed by atoms with Crippen LogP contribution < -0.4 is 10.6 Å². The highest BCUT2D eigenvalue weighted by Crippen LogP contribution is 2.17. The van der Waals surface area contributed by atoms with Gasteiger partial charge in [0.25, 0.3) is 5.91 Å². The smallest absolute Gasteiger partial charge is 0.274 e. The number of carbonyl (C=O) groups is 1. The molecule has 1 aromatic heterocycles. The van der Waals surface area contributed by atoms with Crippen molar-refractivity contribution in [1.82, 2.24) is 9.97 Å². The number of nitriles is 1. The first kappa shape index (κ1) is 16.1. The number of nitrogens with zero attached hydrogens (tertiary/aromatic N) is 3. The summed E-state index contributed by atoms with van der Waals surface area (Å²) < 4.78 is 13.6. The predicted octanol–water partition coefficient (Wildman–Crippen LogP) is 3.48. The van der Waals surface area contributed by atoms with Crippen LogP contribution in [0.2, 0.25) is 0 Å². The molecule has 6 nitrogen and oxygen atoms in total. The molecule has 0 aliphatic rings. The Balaban J connectivity index is 1.75. The maximum atomic E-state index is 13.6. The van der Waals surface area contributed by atoms with Crippen LogP contribution in [0.4, 0.5) is 21.6 Å². The van der Waals surface area contributed by atoms with E-state index < -0.39 is 11.7 Å². The third-order valence-electron chi connectivity index (χ3n) is 3.31. The van der Waals surface area contributed by atoms with Crippen molar-refractivity contribution in [3.8, 4) is 6.07 Å². The largest absolute Gasteiger partial charge is 0.340 e. The molecule has 7 heteroatoms. The van der Waals surface area contributed by atoms with Crippen molar-refractivity contribution >= 4 is 23.1 Å². The first-order valence-electron chi connectivity index (χ1n) is 7.31. The van der Waals surface area contributed by atoms with E-state index in [2.05, 4.69) is 20.6 Å². The number of para-hydroxylation sites is 1. The Morgan fingerprint density at radius 1 is 1.08 bits per heavy atom. The summed E-state index contributed by atoms with van der Waals surface area (Å²) in [5.74, 6) is -0.672. The standard InChI is InChI=1S/C18H12FN5O/c19-14-3-1-2-4-15(14)24-18(25)16-9-17(22-11-21-16)23-13-7-5-12(10-20)6-8-13/h1-9,11H,(H,24,25)(H,21,22,23). The Kier molecular flexibility index (Phi) is 4.62. The second-order valence-corrected chi connectivity index (χ2v) is 5.04. The first-order chi connectivity index (χ1) is 12.2. The zero-order chi connectivity index (χ0) is 17.6. The minimum absolute atomic E-state index is 0.0766. The van der Waals surface area contributed by atoms with E-state index in [4.69, 9.17) is 5.26 Å². The molecule has 122 valence electrons. The number of hydrogen-bond donors (Lipinski definition) is 2. The van der Waals surface area contributed by atoms with Crippen LogP contribution in [0.25, 0.3) is 0 Å². The number of aromatic nitrogens is 2. The summed E-state index contributed by atoms with van der Waals surface area (Å²) in [6, 6.07) is 16.1. The Hall–Kier alpha value is -3.79. The zero-order valence-corrected chi connectivity index (χ0v) is 12.9. The molecule has 0 spiro atoms. The Morgan fingerprint density at radius 3 is 2.56 bits per heavy atom. The summed E-state index contributed by atoms with van der Waals surface area (Å²) in [5, 5.41) is 14.3. The van der Waals surface area contributed by atoms with Gasteiger partial charge in [-0.1, -0.05) is 12.1 Å². The topological polar surface area (TPSA) is 90.7 Å². The van der Waals surface area contributed by atoms with Crippen LogP contribution in [0.3, 0.4) is 0 Å². The molecule has 0 saturated carbocycles. The molecule has 2 N–H and O–H groups in total. The average molecular weight is 333 g/mol. The Morgan fingerprint density at radius 2 is 1.84 bits per heavy atom. The monoisotopic (exact) mass is 333 g/mol. The fraction of sp³-hybridized carbons (Fsp3) is 0. The lowest BCUT2D eigenvalue weighted by atomic mass is 10.2. The quantitative estimate of drug-likeness (QED) is 0.763. The molecule has 2 aromatic carbocycles. The van der Waals surface area contributed by atoms with E-state index in [1.54, 1.807) is 30.3 Å². The second kappa shape index (κ2) is 7.19. The van der Waals surface area contributed by atoms with Crippen LogP contribution in [0, 0.1) is 17.1 Å². The van der Waals surface area contributed by atoms with E-state index in [0.29, 0.717) is 17.1 Å². The van der Waals surface area contributed by atoms with Crippen LogP contribution >= 0.6 is 0 Å². The lowest BCUT2D eigenvalue weighted by Crippen LogP contribution is -2.15. The van der Waals surface area contributed by atoms with Crippen LogP contribution in [0.1, 0.15) is 16.1 Å². The van der Waals surface area contributed by atoms with Crippen molar-refractivity contribution in [3.63, 3.8) is 0 Å². The molecule has 0 bridgehead atoms. The maximum Gasteiger partial charge on any atom is 0.274 e. The molecular weight excluding hydrogens is 321 g/mol. The number of rotatable bonds is 4. The number of amides is 1. The number of halogens is 1. The van der Waals surface area contributed by atoms with Gasteiger partial charge in [-0.3, -0.25) is 4.79 Å². The first-order valence-corrected chi connectivity index (χ1v) is 7.31. The Labute approximate surface area is 143 Å².